The van der Waals surface area contributed by atoms with Crippen molar-refractivity contribution in [2.45, 2.75) is 51.6 Å². The Morgan fingerprint density at radius 1 is 1.30 bits per heavy atom. The number of carbonyl (C=O) groups excluding carboxylic acids is 1. The van der Waals surface area contributed by atoms with E-state index < -0.39 is 0 Å². The molecule has 5 heteroatoms. The van der Waals surface area contributed by atoms with E-state index in [9.17, 15) is 4.79 Å². The summed E-state index contributed by atoms with van der Waals surface area (Å²) in [6, 6.07) is 2.47. The average molecular weight is 319 g/mol. The molecule has 23 heavy (non-hydrogen) atoms. The van der Waals surface area contributed by atoms with Gasteiger partial charge in [0, 0.05) is 25.7 Å². The van der Waals surface area contributed by atoms with Crippen LogP contribution in [0.4, 0.5) is 0 Å². The molecule has 0 saturated carbocycles. The lowest BCUT2D eigenvalue weighted by Crippen LogP contribution is -2.46. The van der Waals surface area contributed by atoms with E-state index >= 15 is 0 Å². The van der Waals surface area contributed by atoms with Gasteiger partial charge in [-0.25, -0.2) is 0 Å². The van der Waals surface area contributed by atoms with Crippen LogP contribution in [-0.2, 0) is 6.54 Å². The normalized spacial score (nSPS) is 26.4. The summed E-state index contributed by atoms with van der Waals surface area (Å²) in [5.41, 5.74) is 6.19. The van der Waals surface area contributed by atoms with Gasteiger partial charge in [0.15, 0.2) is 0 Å². The number of likely N-dealkylation sites (tertiary alicyclic amines) is 2. The highest BCUT2D eigenvalue weighted by molar-refractivity contribution is 5.94. The van der Waals surface area contributed by atoms with E-state index in [4.69, 9.17) is 10.2 Å². The van der Waals surface area contributed by atoms with Crippen LogP contribution < -0.4 is 5.73 Å². The van der Waals surface area contributed by atoms with Crippen LogP contribution in [0.3, 0.4) is 0 Å². The minimum Gasteiger partial charge on any atom is -0.467 e. The summed E-state index contributed by atoms with van der Waals surface area (Å²) in [5, 5.41) is 0. The zero-order valence-corrected chi connectivity index (χ0v) is 14.2. The average Bonchev–Trinajstić information content (AvgIpc) is 3.06. The molecule has 2 fully saturated rings. The molecule has 2 N–H and O–H groups in total. The first-order valence-corrected chi connectivity index (χ1v) is 8.98. The minimum absolute atomic E-state index is 0.0878. The predicted octanol–water partition coefficient (Wildman–Crippen LogP) is 2.46. The number of piperidine rings is 2. The molecule has 2 saturated heterocycles. The molecule has 2 unspecified atom stereocenters. The molecule has 2 atom stereocenters. The summed E-state index contributed by atoms with van der Waals surface area (Å²) >= 11 is 0. The SMILES string of the molecule is CC1CCCCN1CC1CCCN(C(=O)c2coc(CN)c2)C1. The third-order valence-corrected chi connectivity index (χ3v) is 5.34. The molecule has 0 spiro atoms. The molecular formula is C18H29N3O2. The second kappa shape index (κ2) is 7.49. The van der Waals surface area contributed by atoms with Gasteiger partial charge in [-0.3, -0.25) is 4.79 Å². The maximum absolute atomic E-state index is 12.6. The van der Waals surface area contributed by atoms with E-state index in [0.717, 1.165) is 26.1 Å². The van der Waals surface area contributed by atoms with Crippen molar-refractivity contribution in [1.29, 1.82) is 0 Å². The number of nitrogens with two attached hydrogens (primary N) is 1. The van der Waals surface area contributed by atoms with Crippen LogP contribution in [0.5, 0.6) is 0 Å². The first kappa shape index (κ1) is 16.5. The molecule has 128 valence electrons. The topological polar surface area (TPSA) is 62.7 Å². The van der Waals surface area contributed by atoms with Gasteiger partial charge >= 0.3 is 0 Å². The highest BCUT2D eigenvalue weighted by Crippen LogP contribution is 2.24. The molecule has 2 aliphatic rings. The lowest BCUT2D eigenvalue weighted by Gasteiger charge is -2.39. The lowest BCUT2D eigenvalue weighted by molar-refractivity contribution is 0.0594. The molecule has 0 bridgehead atoms. The molecule has 2 aliphatic heterocycles. The number of furan rings is 1. The Morgan fingerprint density at radius 2 is 2.17 bits per heavy atom. The molecule has 1 amide bonds. The first-order valence-electron chi connectivity index (χ1n) is 8.98. The van der Waals surface area contributed by atoms with E-state index in [2.05, 4.69) is 11.8 Å². The summed E-state index contributed by atoms with van der Waals surface area (Å²) < 4.78 is 5.31. The Hall–Kier alpha value is -1.33. The van der Waals surface area contributed by atoms with Gasteiger partial charge in [-0.1, -0.05) is 6.42 Å². The van der Waals surface area contributed by atoms with Crippen LogP contribution in [0.2, 0.25) is 0 Å². The number of hydrogen-bond acceptors (Lipinski definition) is 4. The Kier molecular flexibility index (Phi) is 5.38. The summed E-state index contributed by atoms with van der Waals surface area (Å²) in [5.74, 6) is 1.35. The van der Waals surface area contributed by atoms with Gasteiger partial charge in [0.25, 0.3) is 5.91 Å². The third-order valence-electron chi connectivity index (χ3n) is 5.34. The van der Waals surface area contributed by atoms with E-state index in [1.807, 2.05) is 4.90 Å². The highest BCUT2D eigenvalue weighted by Gasteiger charge is 2.28. The van der Waals surface area contributed by atoms with Gasteiger partial charge in [-0.15, -0.1) is 0 Å². The van der Waals surface area contributed by atoms with E-state index in [1.54, 1.807) is 12.3 Å². The van der Waals surface area contributed by atoms with Gasteiger partial charge in [0.2, 0.25) is 0 Å². The summed E-state index contributed by atoms with van der Waals surface area (Å²) in [6.45, 7) is 6.74. The standard InChI is InChI=1S/C18H29N3O2/c1-14-5-2-3-7-20(14)11-15-6-4-8-21(12-15)18(22)16-9-17(10-19)23-13-16/h9,13-15H,2-8,10-12,19H2,1H3. The number of nitrogens with zero attached hydrogens (tertiary/aromatic N) is 2. The van der Waals surface area contributed by atoms with Crippen molar-refractivity contribution in [1.82, 2.24) is 9.80 Å². The number of rotatable bonds is 4. The number of hydrogen-bond donors (Lipinski definition) is 1. The second-order valence-corrected chi connectivity index (χ2v) is 7.10. The molecule has 0 aliphatic carbocycles. The van der Waals surface area contributed by atoms with Crippen molar-refractivity contribution in [3.63, 3.8) is 0 Å². The van der Waals surface area contributed by atoms with E-state index in [0.29, 0.717) is 29.8 Å². The molecule has 3 rings (SSSR count). The fourth-order valence-corrected chi connectivity index (χ4v) is 3.94. The third kappa shape index (κ3) is 3.96. The number of carbonyl (C=O) groups is 1. The van der Waals surface area contributed by atoms with Crippen LogP contribution in [0.25, 0.3) is 0 Å². The summed E-state index contributed by atoms with van der Waals surface area (Å²) in [6.07, 6.45) is 7.85. The Balaban J connectivity index is 1.58. The van der Waals surface area contributed by atoms with Crippen molar-refractivity contribution in [3.8, 4) is 0 Å². The van der Waals surface area contributed by atoms with Crippen molar-refractivity contribution >= 4 is 5.91 Å². The molecular weight excluding hydrogens is 290 g/mol. The maximum Gasteiger partial charge on any atom is 0.257 e. The monoisotopic (exact) mass is 319 g/mol. The maximum atomic E-state index is 12.6. The second-order valence-electron chi connectivity index (χ2n) is 7.10. The van der Waals surface area contributed by atoms with Gasteiger partial charge < -0.3 is 20.0 Å². The van der Waals surface area contributed by atoms with E-state index in [-0.39, 0.29) is 5.91 Å². The molecule has 1 aromatic rings. The number of amides is 1. The van der Waals surface area contributed by atoms with Crippen molar-refractivity contribution < 1.29 is 9.21 Å². The zero-order valence-electron chi connectivity index (χ0n) is 14.2. The molecule has 0 aromatic carbocycles. The predicted molar refractivity (Wildman–Crippen MR) is 90.1 cm³/mol. The Labute approximate surface area is 138 Å². The van der Waals surface area contributed by atoms with Gasteiger partial charge in [0.05, 0.1) is 12.1 Å². The van der Waals surface area contributed by atoms with Crippen LogP contribution in [0.15, 0.2) is 16.7 Å². The van der Waals surface area contributed by atoms with Gasteiger partial charge in [-0.05, 0) is 51.1 Å². The smallest absolute Gasteiger partial charge is 0.257 e. The molecule has 0 radical (unpaired) electrons. The van der Waals surface area contributed by atoms with Crippen molar-refractivity contribution in [2.24, 2.45) is 11.7 Å². The van der Waals surface area contributed by atoms with Crippen molar-refractivity contribution in [3.05, 3.63) is 23.7 Å². The minimum atomic E-state index is 0.0878. The van der Waals surface area contributed by atoms with Crippen LogP contribution in [0.1, 0.15) is 55.1 Å². The fourth-order valence-electron chi connectivity index (χ4n) is 3.94. The highest BCUT2D eigenvalue weighted by atomic mass is 16.3. The van der Waals surface area contributed by atoms with E-state index in [1.165, 1.54) is 32.2 Å². The van der Waals surface area contributed by atoms with Crippen LogP contribution >= 0.6 is 0 Å². The lowest BCUT2D eigenvalue weighted by atomic mass is 9.94. The molecule has 5 nitrogen and oxygen atoms in total. The molecule has 1 aromatic heterocycles. The summed E-state index contributed by atoms with van der Waals surface area (Å²) in [4.78, 5) is 17.3. The largest absolute Gasteiger partial charge is 0.467 e. The quantitative estimate of drug-likeness (QED) is 0.926. The fraction of sp³-hybridized carbons (Fsp3) is 0.722. The van der Waals surface area contributed by atoms with Gasteiger partial charge in [0.1, 0.15) is 12.0 Å². The first-order chi connectivity index (χ1) is 11.2. The summed E-state index contributed by atoms with van der Waals surface area (Å²) in [7, 11) is 0. The zero-order chi connectivity index (χ0) is 16.2. The van der Waals surface area contributed by atoms with Crippen LogP contribution in [-0.4, -0.2) is 47.9 Å². The van der Waals surface area contributed by atoms with Crippen LogP contribution in [0, 0.1) is 5.92 Å². The molecule has 3 heterocycles. The Morgan fingerprint density at radius 3 is 2.91 bits per heavy atom. The van der Waals surface area contributed by atoms with Gasteiger partial charge in [-0.2, -0.15) is 0 Å². The Bertz CT molecular complexity index is 528. The van der Waals surface area contributed by atoms with Crippen molar-refractivity contribution in [2.75, 3.05) is 26.2 Å².